The number of benzene rings is 1. The van der Waals surface area contributed by atoms with Crippen molar-refractivity contribution in [2.45, 2.75) is 32.5 Å². The molecule has 0 saturated carbocycles. The van der Waals surface area contributed by atoms with E-state index < -0.39 is 34.5 Å². The Kier molecular flexibility index (Phi) is 7.04. The van der Waals surface area contributed by atoms with Crippen molar-refractivity contribution >= 4 is 28.9 Å². The van der Waals surface area contributed by atoms with Gasteiger partial charge in [0.1, 0.15) is 30.2 Å². The molecule has 0 unspecified atom stereocenters. The number of alkyl carbamates (subject to hydrolysis) is 1. The quantitative estimate of drug-likeness (QED) is 0.235. The fourth-order valence-electron chi connectivity index (χ4n) is 3.57. The molecule has 4 rings (SSSR count). The number of nitrogens with zero attached hydrogens (tertiary/aromatic N) is 4. The summed E-state index contributed by atoms with van der Waals surface area (Å²) in [5.41, 5.74) is 4.61. The predicted molar refractivity (Wildman–Crippen MR) is 134 cm³/mol. The van der Waals surface area contributed by atoms with Crippen molar-refractivity contribution in [2.75, 3.05) is 12.3 Å². The van der Waals surface area contributed by atoms with Gasteiger partial charge in [-0.3, -0.25) is 9.59 Å². The smallest absolute Gasteiger partial charge is 0.408 e. The molecule has 13 heteroatoms. The number of aromatic amines is 1. The highest BCUT2D eigenvalue weighted by molar-refractivity contribution is 5.94. The van der Waals surface area contributed by atoms with Crippen molar-refractivity contribution in [1.82, 2.24) is 35.1 Å². The zero-order chi connectivity index (χ0) is 26.6. The van der Waals surface area contributed by atoms with Gasteiger partial charge in [0.2, 0.25) is 5.75 Å². The highest BCUT2D eigenvalue weighted by Crippen LogP contribution is 2.19. The van der Waals surface area contributed by atoms with Crippen LogP contribution >= 0.6 is 0 Å². The summed E-state index contributed by atoms with van der Waals surface area (Å²) in [6.07, 6.45) is 2.35. The van der Waals surface area contributed by atoms with Crippen molar-refractivity contribution in [2.24, 2.45) is 0 Å². The molecule has 0 saturated heterocycles. The number of aromatic nitrogens is 5. The van der Waals surface area contributed by atoms with E-state index >= 15 is 0 Å². The van der Waals surface area contributed by atoms with E-state index in [9.17, 15) is 19.5 Å². The number of aromatic hydroxyl groups is 1. The van der Waals surface area contributed by atoms with Crippen LogP contribution in [0.25, 0.3) is 11.0 Å². The molecule has 4 aromatic rings. The number of carbonyl (C=O) groups is 2. The number of carbonyl (C=O) groups excluding carboxylic acids is 2. The van der Waals surface area contributed by atoms with Crippen molar-refractivity contribution < 1.29 is 19.4 Å². The topological polar surface area (TPSA) is 190 Å². The van der Waals surface area contributed by atoms with Gasteiger partial charge in [0, 0.05) is 19.3 Å². The molecule has 13 nitrogen and oxygen atoms in total. The Bertz CT molecular complexity index is 1500. The molecule has 3 aromatic heterocycles. The van der Waals surface area contributed by atoms with Gasteiger partial charge in [-0.15, -0.1) is 0 Å². The van der Waals surface area contributed by atoms with E-state index in [1.807, 2.05) is 30.3 Å². The Morgan fingerprint density at radius 2 is 1.95 bits per heavy atom. The lowest BCUT2D eigenvalue weighted by atomic mass is 10.0. The summed E-state index contributed by atoms with van der Waals surface area (Å²) < 4.78 is 7.00. The van der Waals surface area contributed by atoms with E-state index in [0.717, 1.165) is 5.56 Å². The number of anilines is 1. The van der Waals surface area contributed by atoms with Crippen LogP contribution < -0.4 is 21.9 Å². The van der Waals surface area contributed by atoms with Crippen LogP contribution in [0, 0.1) is 0 Å². The molecule has 3 heterocycles. The summed E-state index contributed by atoms with van der Waals surface area (Å²) in [6.45, 7) is 3.66. The second-order valence-electron chi connectivity index (χ2n) is 8.68. The van der Waals surface area contributed by atoms with E-state index in [1.54, 1.807) is 30.7 Å². The summed E-state index contributed by atoms with van der Waals surface area (Å²) >= 11 is 0. The van der Waals surface area contributed by atoms with Gasteiger partial charge >= 0.3 is 6.09 Å². The summed E-state index contributed by atoms with van der Waals surface area (Å²) in [5.74, 6) is -1.30. The van der Waals surface area contributed by atoms with Crippen molar-refractivity contribution in [3.05, 3.63) is 76.4 Å². The number of nitrogens with one attached hydrogen (secondary N) is 3. The molecule has 2 amide bonds. The SMILES string of the molecule is CC(C)(NC(=O)OCc1ccccc1)c1nc(C(=O)NCCn2ccc3c(N)ncnc32)c(O)c(=O)[nH]1. The van der Waals surface area contributed by atoms with E-state index in [1.165, 1.54) is 6.33 Å². The van der Waals surface area contributed by atoms with Gasteiger partial charge in [-0.05, 0) is 25.5 Å². The molecule has 192 valence electrons. The van der Waals surface area contributed by atoms with Gasteiger partial charge in [-0.2, -0.15) is 0 Å². The van der Waals surface area contributed by atoms with Gasteiger partial charge in [0.05, 0.1) is 10.9 Å². The maximum Gasteiger partial charge on any atom is 0.408 e. The molecule has 6 N–H and O–H groups in total. The normalized spacial score (nSPS) is 11.3. The maximum atomic E-state index is 12.8. The fraction of sp³-hybridized carbons (Fsp3) is 0.250. The largest absolute Gasteiger partial charge is 0.501 e. The molecule has 0 aliphatic heterocycles. The number of H-pyrrole nitrogens is 1. The Morgan fingerprint density at radius 3 is 2.70 bits per heavy atom. The average Bonchev–Trinajstić information content (AvgIpc) is 3.29. The van der Waals surface area contributed by atoms with Crippen molar-refractivity contribution in [3.63, 3.8) is 0 Å². The van der Waals surface area contributed by atoms with Gasteiger partial charge in [0.15, 0.2) is 5.69 Å². The third kappa shape index (κ3) is 5.66. The van der Waals surface area contributed by atoms with Gasteiger partial charge < -0.3 is 35.8 Å². The van der Waals surface area contributed by atoms with Crippen LogP contribution in [-0.2, 0) is 23.4 Å². The molecular weight excluding hydrogens is 480 g/mol. The number of hydrogen-bond donors (Lipinski definition) is 5. The van der Waals surface area contributed by atoms with Crippen LogP contribution in [0.3, 0.4) is 0 Å². The van der Waals surface area contributed by atoms with Crippen LogP contribution in [0.15, 0.2) is 53.7 Å². The van der Waals surface area contributed by atoms with Gasteiger partial charge in [-0.1, -0.05) is 30.3 Å². The molecule has 0 bridgehead atoms. The number of nitrogens with two attached hydrogens (primary N) is 1. The Labute approximate surface area is 210 Å². The van der Waals surface area contributed by atoms with Gasteiger partial charge in [-0.25, -0.2) is 19.7 Å². The van der Waals surface area contributed by atoms with Crippen molar-refractivity contribution in [1.29, 1.82) is 0 Å². The first-order chi connectivity index (χ1) is 17.7. The second kappa shape index (κ2) is 10.4. The minimum absolute atomic E-state index is 0.0410. The number of nitrogen functional groups attached to an aromatic ring is 1. The monoisotopic (exact) mass is 506 g/mol. The second-order valence-corrected chi connectivity index (χ2v) is 8.68. The predicted octanol–water partition coefficient (Wildman–Crippen LogP) is 1.39. The van der Waals surface area contributed by atoms with Gasteiger partial charge in [0.25, 0.3) is 11.5 Å². The third-order valence-corrected chi connectivity index (χ3v) is 5.55. The summed E-state index contributed by atoms with van der Waals surface area (Å²) in [7, 11) is 0. The third-order valence-electron chi connectivity index (χ3n) is 5.55. The number of ether oxygens (including phenoxy) is 1. The Hall–Kier alpha value is -4.94. The molecule has 0 spiro atoms. The molecule has 1 aromatic carbocycles. The number of amides is 2. The molecule has 37 heavy (non-hydrogen) atoms. The summed E-state index contributed by atoms with van der Waals surface area (Å²) in [5, 5.41) is 16.1. The lowest BCUT2D eigenvalue weighted by molar-refractivity contribution is 0.0943. The molecule has 0 radical (unpaired) electrons. The first-order valence-corrected chi connectivity index (χ1v) is 11.3. The fourth-order valence-corrected chi connectivity index (χ4v) is 3.57. The Morgan fingerprint density at radius 1 is 1.19 bits per heavy atom. The standard InChI is InChI=1S/C24H26N8O5/c1-24(2,31-23(36)37-12-14-6-4-3-5-7-14)22-29-16(17(33)21(35)30-22)20(34)26-9-11-32-10-8-15-18(25)27-13-28-19(15)32/h3-8,10,13,33H,9,11-12H2,1-2H3,(H,26,34)(H,31,36)(H2,25,27,28)(H,29,30,35). The number of hydrogen-bond acceptors (Lipinski definition) is 9. The molecule has 0 atom stereocenters. The van der Waals surface area contributed by atoms with Crippen LogP contribution in [0.4, 0.5) is 10.6 Å². The van der Waals surface area contributed by atoms with Crippen LogP contribution in [0.2, 0.25) is 0 Å². The molecule has 0 aliphatic carbocycles. The van der Waals surface area contributed by atoms with Crippen molar-refractivity contribution in [3.8, 4) is 5.75 Å². The molecule has 0 fully saturated rings. The minimum Gasteiger partial charge on any atom is -0.501 e. The number of fused-ring (bicyclic) bond motifs is 1. The Balaban J connectivity index is 1.42. The van der Waals surface area contributed by atoms with Crippen LogP contribution in [0.1, 0.15) is 35.7 Å². The van der Waals surface area contributed by atoms with E-state index in [-0.39, 0.29) is 19.0 Å². The summed E-state index contributed by atoms with van der Waals surface area (Å²) in [6, 6.07) is 10.9. The highest BCUT2D eigenvalue weighted by Gasteiger charge is 2.29. The highest BCUT2D eigenvalue weighted by atomic mass is 16.5. The molecular formula is C24H26N8O5. The first kappa shape index (κ1) is 25.2. The van der Waals surface area contributed by atoms with E-state index in [2.05, 4.69) is 30.6 Å². The average molecular weight is 507 g/mol. The lowest BCUT2D eigenvalue weighted by Crippen LogP contribution is -2.44. The zero-order valence-corrected chi connectivity index (χ0v) is 20.2. The minimum atomic E-state index is -1.24. The number of rotatable bonds is 8. The zero-order valence-electron chi connectivity index (χ0n) is 20.2. The summed E-state index contributed by atoms with van der Waals surface area (Å²) in [4.78, 5) is 52.1. The van der Waals surface area contributed by atoms with E-state index in [4.69, 9.17) is 10.5 Å². The lowest BCUT2D eigenvalue weighted by Gasteiger charge is -2.25. The van der Waals surface area contributed by atoms with Crippen LogP contribution in [0.5, 0.6) is 5.75 Å². The molecule has 0 aliphatic rings. The van der Waals surface area contributed by atoms with Crippen LogP contribution in [-0.4, -0.2) is 48.2 Å². The first-order valence-electron chi connectivity index (χ1n) is 11.3. The van der Waals surface area contributed by atoms with E-state index in [0.29, 0.717) is 23.4 Å². The maximum absolute atomic E-state index is 12.8.